The fourth-order valence-electron chi connectivity index (χ4n) is 3.10. The maximum atomic E-state index is 11.9. The SMILES string of the molecule is O=C(COc1ccc(C2SCCCS2)cc1)NCCC1=CCCCC1. The molecular formula is C20H27NO2S2. The second kappa shape index (κ2) is 10.2. The van der Waals surface area contributed by atoms with Crippen molar-refractivity contribution in [1.82, 2.24) is 5.32 Å². The lowest BCUT2D eigenvalue weighted by atomic mass is 9.97. The fraction of sp³-hybridized carbons (Fsp3) is 0.550. The van der Waals surface area contributed by atoms with Crippen molar-refractivity contribution in [3.63, 3.8) is 0 Å². The third kappa shape index (κ3) is 6.30. The van der Waals surface area contributed by atoms with E-state index in [0.717, 1.165) is 12.2 Å². The van der Waals surface area contributed by atoms with Crippen molar-refractivity contribution in [2.45, 2.75) is 43.1 Å². The van der Waals surface area contributed by atoms with E-state index in [9.17, 15) is 4.79 Å². The summed E-state index contributed by atoms with van der Waals surface area (Å²) in [7, 11) is 0. The van der Waals surface area contributed by atoms with Crippen LogP contribution in [0.2, 0.25) is 0 Å². The number of amides is 1. The standard InChI is InChI=1S/C20H27NO2S2/c22-19(21-12-11-16-5-2-1-3-6-16)15-23-18-9-7-17(8-10-18)20-24-13-4-14-25-20/h5,7-10,20H,1-4,6,11-15H2,(H,21,22). The molecule has 136 valence electrons. The molecule has 1 heterocycles. The van der Waals surface area contributed by atoms with Gasteiger partial charge in [-0.3, -0.25) is 4.79 Å². The van der Waals surface area contributed by atoms with Crippen molar-refractivity contribution in [1.29, 1.82) is 0 Å². The summed E-state index contributed by atoms with van der Waals surface area (Å²) in [5.74, 6) is 3.21. The van der Waals surface area contributed by atoms with Crippen LogP contribution in [-0.2, 0) is 4.79 Å². The maximum absolute atomic E-state index is 11.9. The first-order valence-corrected chi connectivity index (χ1v) is 11.3. The van der Waals surface area contributed by atoms with E-state index in [0.29, 0.717) is 11.1 Å². The van der Waals surface area contributed by atoms with Crippen LogP contribution in [0.5, 0.6) is 5.75 Å². The van der Waals surface area contributed by atoms with E-state index in [1.165, 1.54) is 54.7 Å². The molecule has 0 unspecified atom stereocenters. The first-order valence-electron chi connectivity index (χ1n) is 9.22. The number of benzene rings is 1. The molecule has 1 amide bonds. The first kappa shape index (κ1) is 18.7. The molecule has 1 aromatic carbocycles. The minimum Gasteiger partial charge on any atom is -0.484 e. The quantitative estimate of drug-likeness (QED) is 0.683. The number of carbonyl (C=O) groups excluding carboxylic acids is 1. The minimum absolute atomic E-state index is 0.0427. The lowest BCUT2D eigenvalue weighted by molar-refractivity contribution is -0.123. The van der Waals surface area contributed by atoms with E-state index in [-0.39, 0.29) is 12.5 Å². The number of rotatable bonds is 7. The Morgan fingerprint density at radius 3 is 2.64 bits per heavy atom. The van der Waals surface area contributed by atoms with Gasteiger partial charge in [0.25, 0.3) is 5.91 Å². The molecule has 1 aliphatic carbocycles. The highest BCUT2D eigenvalue weighted by molar-refractivity contribution is 8.16. The molecule has 0 saturated carbocycles. The second-order valence-electron chi connectivity index (χ2n) is 6.49. The summed E-state index contributed by atoms with van der Waals surface area (Å²) >= 11 is 4.03. The maximum Gasteiger partial charge on any atom is 0.257 e. The second-order valence-corrected chi connectivity index (χ2v) is 9.22. The van der Waals surface area contributed by atoms with Crippen LogP contribution < -0.4 is 10.1 Å². The predicted molar refractivity (Wildman–Crippen MR) is 108 cm³/mol. The predicted octanol–water partition coefficient (Wildman–Crippen LogP) is 4.94. The smallest absolute Gasteiger partial charge is 0.257 e. The molecule has 1 aromatic rings. The van der Waals surface area contributed by atoms with Crippen molar-refractivity contribution in [2.24, 2.45) is 0 Å². The molecule has 1 fully saturated rings. The van der Waals surface area contributed by atoms with Crippen molar-refractivity contribution in [2.75, 3.05) is 24.7 Å². The van der Waals surface area contributed by atoms with E-state index < -0.39 is 0 Å². The van der Waals surface area contributed by atoms with Crippen molar-refractivity contribution >= 4 is 29.4 Å². The van der Waals surface area contributed by atoms with E-state index in [1.807, 2.05) is 35.7 Å². The average molecular weight is 378 g/mol. The van der Waals surface area contributed by atoms with Gasteiger partial charge in [0, 0.05) is 6.54 Å². The largest absolute Gasteiger partial charge is 0.484 e. The molecule has 3 rings (SSSR count). The zero-order valence-corrected chi connectivity index (χ0v) is 16.3. The molecule has 25 heavy (non-hydrogen) atoms. The number of allylic oxidation sites excluding steroid dienone is 1. The summed E-state index contributed by atoms with van der Waals surface area (Å²) in [4.78, 5) is 11.9. The molecule has 1 N–H and O–H groups in total. The number of ether oxygens (including phenoxy) is 1. The normalized spacial score (nSPS) is 18.5. The van der Waals surface area contributed by atoms with Crippen LogP contribution in [-0.4, -0.2) is 30.6 Å². The van der Waals surface area contributed by atoms with Gasteiger partial charge >= 0.3 is 0 Å². The van der Waals surface area contributed by atoms with Gasteiger partial charge in [-0.05, 0) is 67.7 Å². The highest BCUT2D eigenvalue weighted by atomic mass is 32.2. The van der Waals surface area contributed by atoms with Crippen LogP contribution >= 0.6 is 23.5 Å². The third-order valence-electron chi connectivity index (χ3n) is 4.50. The summed E-state index contributed by atoms with van der Waals surface area (Å²) in [6.45, 7) is 0.800. The van der Waals surface area contributed by atoms with Gasteiger partial charge in [0.15, 0.2) is 6.61 Å². The van der Waals surface area contributed by atoms with E-state index in [1.54, 1.807) is 0 Å². The van der Waals surface area contributed by atoms with Gasteiger partial charge in [0.2, 0.25) is 0 Å². The lowest BCUT2D eigenvalue weighted by Gasteiger charge is -2.21. The molecule has 1 saturated heterocycles. The Labute approximate surface area is 159 Å². The van der Waals surface area contributed by atoms with Gasteiger partial charge in [-0.25, -0.2) is 0 Å². The Morgan fingerprint density at radius 2 is 1.92 bits per heavy atom. The topological polar surface area (TPSA) is 38.3 Å². The fourth-order valence-corrected chi connectivity index (χ4v) is 5.99. The van der Waals surface area contributed by atoms with Crippen molar-refractivity contribution in [3.05, 3.63) is 41.5 Å². The highest BCUT2D eigenvalue weighted by Crippen LogP contribution is 2.43. The van der Waals surface area contributed by atoms with Crippen molar-refractivity contribution < 1.29 is 9.53 Å². The molecule has 1 aliphatic heterocycles. The summed E-state index contributed by atoms with van der Waals surface area (Å²) in [6.07, 6.45) is 9.58. The average Bonchev–Trinajstić information content (AvgIpc) is 2.68. The Hall–Kier alpha value is -1.07. The molecule has 0 bridgehead atoms. The molecule has 0 atom stereocenters. The number of carbonyl (C=O) groups is 1. The van der Waals surface area contributed by atoms with Crippen LogP contribution in [0.15, 0.2) is 35.9 Å². The number of hydrogen-bond donors (Lipinski definition) is 1. The molecule has 2 aliphatic rings. The molecule has 5 heteroatoms. The van der Waals surface area contributed by atoms with Gasteiger partial charge in [0.05, 0.1) is 4.58 Å². The summed E-state index contributed by atoms with van der Waals surface area (Å²) in [6, 6.07) is 8.20. The van der Waals surface area contributed by atoms with E-state index in [2.05, 4.69) is 23.5 Å². The van der Waals surface area contributed by atoms with Crippen molar-refractivity contribution in [3.8, 4) is 5.75 Å². The summed E-state index contributed by atoms with van der Waals surface area (Å²) < 4.78 is 6.15. The van der Waals surface area contributed by atoms with Crippen LogP contribution in [0.4, 0.5) is 0 Å². The molecular weight excluding hydrogens is 350 g/mol. The first-order chi connectivity index (χ1) is 12.3. The van der Waals surface area contributed by atoms with Crippen LogP contribution in [0, 0.1) is 0 Å². The van der Waals surface area contributed by atoms with Gasteiger partial charge in [-0.15, -0.1) is 23.5 Å². The van der Waals surface area contributed by atoms with Crippen LogP contribution in [0.25, 0.3) is 0 Å². The zero-order chi connectivity index (χ0) is 17.3. The third-order valence-corrected chi connectivity index (χ3v) is 7.52. The highest BCUT2D eigenvalue weighted by Gasteiger charge is 2.16. The van der Waals surface area contributed by atoms with Crippen LogP contribution in [0.3, 0.4) is 0 Å². The van der Waals surface area contributed by atoms with Gasteiger partial charge in [0.1, 0.15) is 5.75 Å². The van der Waals surface area contributed by atoms with Gasteiger partial charge < -0.3 is 10.1 Å². The molecule has 0 spiro atoms. The van der Waals surface area contributed by atoms with E-state index in [4.69, 9.17) is 4.74 Å². The Kier molecular flexibility index (Phi) is 7.61. The Balaban J connectivity index is 1.36. The minimum atomic E-state index is -0.0427. The Morgan fingerprint density at radius 1 is 1.12 bits per heavy atom. The number of hydrogen-bond acceptors (Lipinski definition) is 4. The number of thioether (sulfide) groups is 2. The summed E-state index contributed by atoms with van der Waals surface area (Å²) in [5.41, 5.74) is 2.83. The molecule has 0 radical (unpaired) electrons. The van der Waals surface area contributed by atoms with Gasteiger partial charge in [-0.2, -0.15) is 0 Å². The molecule has 3 nitrogen and oxygen atoms in total. The summed E-state index contributed by atoms with van der Waals surface area (Å²) in [5, 5.41) is 2.95. The Bertz CT molecular complexity index is 580. The van der Waals surface area contributed by atoms with Gasteiger partial charge in [-0.1, -0.05) is 23.8 Å². The van der Waals surface area contributed by atoms with E-state index >= 15 is 0 Å². The van der Waals surface area contributed by atoms with Crippen LogP contribution in [0.1, 0.15) is 48.7 Å². The zero-order valence-electron chi connectivity index (χ0n) is 14.7. The number of nitrogens with one attached hydrogen (secondary N) is 1. The molecule has 0 aromatic heterocycles. The lowest BCUT2D eigenvalue weighted by Crippen LogP contribution is -2.30. The monoisotopic (exact) mass is 377 g/mol.